The molecule has 1 saturated carbocycles. The van der Waals surface area contributed by atoms with Gasteiger partial charge >= 0.3 is 6.18 Å². The molecule has 0 aliphatic heterocycles. The van der Waals surface area contributed by atoms with Crippen molar-refractivity contribution in [1.82, 2.24) is 14.8 Å². The van der Waals surface area contributed by atoms with E-state index >= 15 is 0 Å². The van der Waals surface area contributed by atoms with E-state index in [4.69, 9.17) is 0 Å². The Hall–Kier alpha value is -2.82. The molecule has 0 radical (unpaired) electrons. The van der Waals surface area contributed by atoms with Crippen molar-refractivity contribution < 1.29 is 22.7 Å². The average molecular weight is 509 g/mol. The quantitative estimate of drug-likeness (QED) is 0.265. The van der Waals surface area contributed by atoms with Crippen LogP contribution >= 0.6 is 0 Å². The van der Waals surface area contributed by atoms with E-state index in [1.54, 1.807) is 16.9 Å². The van der Waals surface area contributed by atoms with Crippen molar-refractivity contribution >= 4 is 33.2 Å². The number of rotatable bonds is 5. The van der Waals surface area contributed by atoms with Gasteiger partial charge < -0.3 is 5.11 Å². The van der Waals surface area contributed by atoms with E-state index in [1.807, 2.05) is 20.1 Å². The van der Waals surface area contributed by atoms with E-state index in [-0.39, 0.29) is 39.8 Å². The lowest BCUT2D eigenvalue weighted by Crippen LogP contribution is -2.30. The summed E-state index contributed by atoms with van der Waals surface area (Å²) in [4.78, 5) is 8.07. The first-order valence-electron chi connectivity index (χ1n) is 11.4. The van der Waals surface area contributed by atoms with Crippen LogP contribution in [0, 0.1) is 5.82 Å². The fourth-order valence-electron chi connectivity index (χ4n) is 4.31. The molecule has 1 aliphatic rings. The predicted molar refractivity (Wildman–Crippen MR) is 127 cm³/mol. The van der Waals surface area contributed by atoms with Gasteiger partial charge in [-0.3, -0.25) is 9.67 Å². The zero-order valence-corrected chi connectivity index (χ0v) is 20.4. The van der Waals surface area contributed by atoms with Crippen LogP contribution in [0.5, 0.6) is 0 Å². The fourth-order valence-corrected chi connectivity index (χ4v) is 5.92. The van der Waals surface area contributed by atoms with Gasteiger partial charge in [-0.05, 0) is 69.7 Å². The highest BCUT2D eigenvalue weighted by molar-refractivity contribution is 7.87. The third-order valence-corrected chi connectivity index (χ3v) is 7.92. The summed E-state index contributed by atoms with van der Waals surface area (Å²) in [5, 5.41) is 17.3. The number of hydrogen-bond acceptors (Lipinski definition) is 5. The Morgan fingerprint density at radius 1 is 1.20 bits per heavy atom. The standard InChI is InChI=1S/C24H27F4N5OS/c1-14(2)33-21(9-10-29-33)23(34)30-16-5-4-6-17(12-16)35(3)32-20-13-22(24(26,27)28)31-19-8-7-15(25)11-18(19)20/h7-11,13-14,16-17H,4-6,12H2,1-3H3,(H,30,34)/p-1/t16?,17?,35-/m0/s1. The Kier molecular flexibility index (Phi) is 7.25. The SMILES string of the molecule is CC(C)n1nccc1C([O-])=NC1CCCC([S@](C)=Nc2cc(C(F)(F)F)nc3ccc(F)cc23)C1. The monoisotopic (exact) mass is 508 g/mol. The van der Waals surface area contributed by atoms with Crippen molar-refractivity contribution in [3.05, 3.63) is 53.7 Å². The van der Waals surface area contributed by atoms with Gasteiger partial charge in [-0.1, -0.05) is 17.1 Å². The smallest absolute Gasteiger partial charge is 0.433 e. The van der Waals surface area contributed by atoms with Crippen LogP contribution in [0.2, 0.25) is 0 Å². The molecule has 2 unspecified atom stereocenters. The topological polar surface area (TPSA) is 78.5 Å². The van der Waals surface area contributed by atoms with Gasteiger partial charge in [0.25, 0.3) is 0 Å². The molecule has 0 N–H and O–H groups in total. The Morgan fingerprint density at radius 2 is 1.97 bits per heavy atom. The highest BCUT2D eigenvalue weighted by Crippen LogP contribution is 2.36. The maximum Gasteiger partial charge on any atom is 0.433 e. The summed E-state index contributed by atoms with van der Waals surface area (Å²) in [6.07, 6.45) is 1.83. The van der Waals surface area contributed by atoms with Gasteiger partial charge in [0, 0.05) is 28.8 Å². The molecule has 1 fully saturated rings. The van der Waals surface area contributed by atoms with Gasteiger partial charge in [-0.15, -0.1) is 0 Å². The molecule has 0 spiro atoms. The summed E-state index contributed by atoms with van der Waals surface area (Å²) in [6, 6.07) is 5.84. The van der Waals surface area contributed by atoms with Crippen LogP contribution in [0.4, 0.5) is 23.2 Å². The van der Waals surface area contributed by atoms with Gasteiger partial charge in [-0.25, -0.2) is 13.7 Å². The number of pyridine rings is 1. The molecule has 0 amide bonds. The van der Waals surface area contributed by atoms with Crippen molar-refractivity contribution in [2.75, 3.05) is 6.26 Å². The molecule has 6 nitrogen and oxygen atoms in total. The zero-order valence-electron chi connectivity index (χ0n) is 19.6. The van der Waals surface area contributed by atoms with Gasteiger partial charge in [0.2, 0.25) is 0 Å². The van der Waals surface area contributed by atoms with E-state index in [1.165, 1.54) is 6.07 Å². The molecule has 4 rings (SSSR count). The van der Waals surface area contributed by atoms with Crippen LogP contribution in [0.15, 0.2) is 45.9 Å². The molecule has 188 valence electrons. The maximum atomic E-state index is 13.9. The largest absolute Gasteiger partial charge is 0.857 e. The highest BCUT2D eigenvalue weighted by Gasteiger charge is 2.33. The Morgan fingerprint density at radius 3 is 2.69 bits per heavy atom. The second-order valence-corrected chi connectivity index (χ2v) is 10.8. The molecular formula is C24H26F4N5OS-. The van der Waals surface area contributed by atoms with Crippen LogP contribution < -0.4 is 5.11 Å². The molecule has 2 heterocycles. The lowest BCUT2D eigenvalue weighted by Gasteiger charge is -2.29. The zero-order chi connectivity index (χ0) is 25.3. The van der Waals surface area contributed by atoms with E-state index in [0.29, 0.717) is 12.1 Å². The minimum Gasteiger partial charge on any atom is -0.857 e. The number of alkyl halides is 3. The van der Waals surface area contributed by atoms with Crippen molar-refractivity contribution in [3.8, 4) is 0 Å². The van der Waals surface area contributed by atoms with Gasteiger partial charge in [0.15, 0.2) is 0 Å². The number of halogens is 4. The molecule has 3 aromatic rings. The second-order valence-electron chi connectivity index (χ2n) is 8.93. The lowest BCUT2D eigenvalue weighted by molar-refractivity contribution is -0.214. The summed E-state index contributed by atoms with van der Waals surface area (Å²) in [5.74, 6) is -0.887. The van der Waals surface area contributed by atoms with Crippen molar-refractivity contribution in [3.63, 3.8) is 0 Å². The number of benzene rings is 1. The number of nitrogens with zero attached hydrogens (tertiary/aromatic N) is 5. The minimum absolute atomic E-state index is 0.0279. The summed E-state index contributed by atoms with van der Waals surface area (Å²) in [5.41, 5.74) is -0.506. The van der Waals surface area contributed by atoms with Gasteiger partial charge in [-0.2, -0.15) is 18.3 Å². The Labute approximate surface area is 203 Å². The van der Waals surface area contributed by atoms with Crippen LogP contribution in [0.25, 0.3) is 10.9 Å². The molecule has 2 aromatic heterocycles. The van der Waals surface area contributed by atoms with Crippen LogP contribution in [0.1, 0.15) is 57.0 Å². The van der Waals surface area contributed by atoms with Crippen LogP contribution in [-0.4, -0.2) is 38.2 Å². The molecule has 1 aliphatic carbocycles. The first-order chi connectivity index (χ1) is 16.5. The van der Waals surface area contributed by atoms with Crippen molar-refractivity contribution in [1.29, 1.82) is 0 Å². The number of aromatic nitrogens is 3. The molecule has 11 heteroatoms. The second kappa shape index (κ2) is 10.0. The molecule has 0 bridgehead atoms. The number of hydrogen-bond donors (Lipinski definition) is 0. The summed E-state index contributed by atoms with van der Waals surface area (Å²) < 4.78 is 60.3. The fraction of sp³-hybridized carbons (Fsp3) is 0.458. The first-order valence-corrected chi connectivity index (χ1v) is 13.0. The average Bonchev–Trinajstić information content (AvgIpc) is 3.29. The normalized spacial score (nSPS) is 20.6. The third-order valence-electron chi connectivity index (χ3n) is 6.04. The minimum atomic E-state index is -4.64. The number of fused-ring (bicyclic) bond motifs is 1. The van der Waals surface area contributed by atoms with Crippen molar-refractivity contribution in [2.24, 2.45) is 9.36 Å². The van der Waals surface area contributed by atoms with E-state index < -0.39 is 28.4 Å². The van der Waals surface area contributed by atoms with Gasteiger partial charge in [0.05, 0.1) is 22.9 Å². The van der Waals surface area contributed by atoms with Gasteiger partial charge in [0.1, 0.15) is 11.5 Å². The number of aliphatic imine (C=N–C) groups is 1. The molecule has 35 heavy (non-hydrogen) atoms. The first kappa shape index (κ1) is 25.3. The van der Waals surface area contributed by atoms with E-state index in [0.717, 1.165) is 37.5 Å². The molecule has 1 aromatic carbocycles. The molecule has 3 atom stereocenters. The molecular weight excluding hydrogens is 482 g/mol. The Balaban J connectivity index is 1.62. The summed E-state index contributed by atoms with van der Waals surface area (Å²) in [7, 11) is -0.671. The van der Waals surface area contributed by atoms with Crippen LogP contribution in [-0.2, 0) is 16.9 Å². The Bertz CT molecular complexity index is 1280. The van der Waals surface area contributed by atoms with Crippen molar-refractivity contribution in [2.45, 2.75) is 63.0 Å². The molecule has 0 saturated heterocycles. The highest BCUT2D eigenvalue weighted by atomic mass is 32.2. The summed E-state index contributed by atoms with van der Waals surface area (Å²) >= 11 is 0. The third kappa shape index (κ3) is 5.71. The van der Waals surface area contributed by atoms with E-state index in [9.17, 15) is 22.7 Å². The maximum absolute atomic E-state index is 13.9. The van der Waals surface area contributed by atoms with E-state index in [2.05, 4.69) is 19.4 Å². The van der Waals surface area contributed by atoms with Crippen LogP contribution in [0.3, 0.4) is 0 Å². The summed E-state index contributed by atoms with van der Waals surface area (Å²) in [6.45, 7) is 3.87. The predicted octanol–water partition coefficient (Wildman–Crippen LogP) is 5.35. The lowest BCUT2D eigenvalue weighted by atomic mass is 9.95.